The van der Waals surface area contributed by atoms with Gasteiger partial charge in [0, 0.05) is 0 Å². The van der Waals surface area contributed by atoms with Gasteiger partial charge in [0.1, 0.15) is 5.78 Å². The lowest BCUT2D eigenvalue weighted by Crippen LogP contribution is -2.34. The first-order valence-corrected chi connectivity index (χ1v) is 8.35. The highest BCUT2D eigenvalue weighted by Crippen LogP contribution is 2.52. The minimum atomic E-state index is -4.68. The highest BCUT2D eigenvalue weighted by atomic mass is 31.2. The van der Waals surface area contributed by atoms with Gasteiger partial charge in [-0.2, -0.15) is 14.7 Å². The minimum Gasteiger partial charge on any atom is -0.323 e. The van der Waals surface area contributed by atoms with Crippen LogP contribution in [0.25, 0.3) is 0 Å². The monoisotopic (exact) mass is 288 g/mol. The average molecular weight is 288 g/mol. The summed E-state index contributed by atoms with van der Waals surface area (Å²) in [4.78, 5) is 57.2. The summed E-state index contributed by atoms with van der Waals surface area (Å²) in [7, 11) is -9.24. The van der Waals surface area contributed by atoms with Crippen molar-refractivity contribution in [2.45, 2.75) is 25.0 Å². The summed E-state index contributed by atoms with van der Waals surface area (Å²) in [5.74, 6) is -1.39. The third-order valence-corrected chi connectivity index (χ3v) is 4.78. The summed E-state index contributed by atoms with van der Waals surface area (Å²) in [5.41, 5.74) is -1.32. The quantitative estimate of drug-likeness (QED) is 0.416. The van der Waals surface area contributed by atoms with E-state index in [1.807, 2.05) is 0 Å². The molecular formula is C7H16NO7P2+. The van der Waals surface area contributed by atoms with Crippen LogP contribution in [0, 0.1) is 0 Å². The van der Waals surface area contributed by atoms with Gasteiger partial charge in [-0.1, -0.05) is 0 Å². The van der Waals surface area contributed by atoms with E-state index >= 15 is 0 Å². The topological polar surface area (TPSA) is 139 Å². The van der Waals surface area contributed by atoms with E-state index in [0.717, 1.165) is 12.8 Å². The van der Waals surface area contributed by atoms with Crippen LogP contribution in [0.3, 0.4) is 0 Å². The van der Waals surface area contributed by atoms with Crippen molar-refractivity contribution >= 4 is 21.1 Å². The molecule has 10 heteroatoms. The second kappa shape index (κ2) is 5.38. The first-order chi connectivity index (χ1) is 7.62. The van der Waals surface area contributed by atoms with Gasteiger partial charge < -0.3 is 9.79 Å². The fourth-order valence-corrected chi connectivity index (χ4v) is 3.40. The molecule has 1 atom stereocenters. The lowest BCUT2D eigenvalue weighted by atomic mass is 10.4. The van der Waals surface area contributed by atoms with Gasteiger partial charge >= 0.3 is 21.1 Å². The van der Waals surface area contributed by atoms with Crippen molar-refractivity contribution in [3.8, 4) is 0 Å². The van der Waals surface area contributed by atoms with E-state index in [4.69, 9.17) is 24.5 Å². The fourth-order valence-electron chi connectivity index (χ4n) is 1.78. The van der Waals surface area contributed by atoms with Gasteiger partial charge in [-0.3, -0.25) is 9.46 Å². The van der Waals surface area contributed by atoms with Crippen LogP contribution in [0.2, 0.25) is 0 Å². The van der Waals surface area contributed by atoms with Gasteiger partial charge in [-0.05, 0) is 25.9 Å². The van der Waals surface area contributed by atoms with E-state index in [2.05, 4.69) is 0 Å². The van der Waals surface area contributed by atoms with Crippen LogP contribution in [0.1, 0.15) is 19.3 Å². The SMILES string of the molecule is O=C(CC(N1CCCC1)P(=O)(O)O)[P+](O)(O)O. The Kier molecular flexibility index (Phi) is 4.80. The van der Waals surface area contributed by atoms with E-state index < -0.39 is 33.3 Å². The molecule has 0 bridgehead atoms. The second-order valence-corrected chi connectivity index (χ2v) is 7.39. The Hall–Kier alpha value is 0.0900. The van der Waals surface area contributed by atoms with E-state index in [1.54, 1.807) is 0 Å². The Morgan fingerprint density at radius 2 is 1.71 bits per heavy atom. The fraction of sp³-hybridized carbons (Fsp3) is 0.857. The van der Waals surface area contributed by atoms with Gasteiger partial charge in [-0.15, -0.1) is 0 Å². The predicted octanol–water partition coefficient (Wildman–Crippen LogP) is -0.758. The largest absolute Gasteiger partial charge is 0.478 e. The first-order valence-electron chi connectivity index (χ1n) is 5.02. The van der Waals surface area contributed by atoms with Gasteiger partial charge in [-0.25, -0.2) is 4.79 Å². The van der Waals surface area contributed by atoms with Crippen LogP contribution in [0.5, 0.6) is 0 Å². The molecule has 100 valence electrons. The maximum Gasteiger partial charge on any atom is 0.478 e. The van der Waals surface area contributed by atoms with Crippen molar-refractivity contribution in [2.24, 2.45) is 0 Å². The van der Waals surface area contributed by atoms with E-state index in [1.165, 1.54) is 4.90 Å². The van der Waals surface area contributed by atoms with Crippen LogP contribution in [-0.2, 0) is 9.36 Å². The van der Waals surface area contributed by atoms with E-state index in [9.17, 15) is 9.36 Å². The molecule has 1 saturated heterocycles. The zero-order valence-electron chi connectivity index (χ0n) is 9.01. The Morgan fingerprint density at radius 3 is 2.06 bits per heavy atom. The maximum absolute atomic E-state index is 11.2. The molecule has 1 heterocycles. The molecule has 0 aromatic rings. The molecular weight excluding hydrogens is 272 g/mol. The molecule has 17 heavy (non-hydrogen) atoms. The number of carbonyl (C=O) groups excluding carboxylic acids is 1. The molecule has 1 aliphatic heterocycles. The van der Waals surface area contributed by atoms with Gasteiger partial charge in [0.05, 0.1) is 6.42 Å². The number of carbonyl (C=O) groups is 1. The number of nitrogens with zero attached hydrogens (tertiary/aromatic N) is 1. The molecule has 1 fully saturated rings. The number of hydrogen-bond donors (Lipinski definition) is 5. The normalized spacial score (nSPS) is 20.5. The summed E-state index contributed by atoms with van der Waals surface area (Å²) >= 11 is 0. The molecule has 5 N–H and O–H groups in total. The van der Waals surface area contributed by atoms with Crippen molar-refractivity contribution in [3.05, 3.63) is 0 Å². The Labute approximate surface area is 98.6 Å². The Morgan fingerprint density at radius 1 is 1.24 bits per heavy atom. The van der Waals surface area contributed by atoms with Crippen molar-refractivity contribution in [2.75, 3.05) is 13.1 Å². The number of likely N-dealkylation sites (tertiary alicyclic amines) is 1. The van der Waals surface area contributed by atoms with Crippen LogP contribution in [0.15, 0.2) is 0 Å². The van der Waals surface area contributed by atoms with Gasteiger partial charge in [0.25, 0.3) is 0 Å². The predicted molar refractivity (Wildman–Crippen MR) is 59.8 cm³/mol. The third-order valence-electron chi connectivity index (χ3n) is 2.64. The van der Waals surface area contributed by atoms with Crippen molar-refractivity contribution in [3.63, 3.8) is 0 Å². The Balaban J connectivity index is 2.78. The summed E-state index contributed by atoms with van der Waals surface area (Å²) in [6.45, 7) is 0.883. The smallest absolute Gasteiger partial charge is 0.323 e. The molecule has 0 aromatic carbocycles. The van der Waals surface area contributed by atoms with E-state index in [0.29, 0.717) is 13.1 Å². The van der Waals surface area contributed by atoms with Crippen LogP contribution in [-0.4, -0.2) is 53.8 Å². The number of rotatable bonds is 5. The zero-order valence-corrected chi connectivity index (χ0v) is 10.8. The van der Waals surface area contributed by atoms with Crippen molar-refractivity contribution < 1.29 is 33.8 Å². The maximum atomic E-state index is 11.2. The van der Waals surface area contributed by atoms with Gasteiger partial charge in [0.2, 0.25) is 0 Å². The molecule has 0 aromatic heterocycles. The standard InChI is InChI=1S/C7H15NO7P2/c9-7(17(13,14)15)5-6(16(10,11)12)8-3-1-2-4-8/h6,13-15H,1-5H2,(H-,10,11,12)/p+1. The molecule has 0 spiro atoms. The average Bonchev–Trinajstić information content (AvgIpc) is 2.62. The van der Waals surface area contributed by atoms with E-state index in [-0.39, 0.29) is 0 Å². The molecule has 1 rings (SSSR count). The van der Waals surface area contributed by atoms with Crippen LogP contribution < -0.4 is 0 Å². The highest BCUT2D eigenvalue weighted by molar-refractivity contribution is 7.76. The van der Waals surface area contributed by atoms with Crippen molar-refractivity contribution in [1.82, 2.24) is 4.90 Å². The molecule has 0 radical (unpaired) electrons. The summed E-state index contributed by atoms with van der Waals surface area (Å²) in [5, 5.41) is 0. The summed E-state index contributed by atoms with van der Waals surface area (Å²) < 4.78 is 11.2. The Bertz CT molecular complexity index is 330. The number of hydrogen-bond acceptors (Lipinski definition) is 6. The third kappa shape index (κ3) is 4.35. The van der Waals surface area contributed by atoms with Crippen LogP contribution in [0.4, 0.5) is 0 Å². The summed E-state index contributed by atoms with van der Waals surface area (Å²) in [6, 6.07) is 0. The molecule has 1 unspecified atom stereocenters. The van der Waals surface area contributed by atoms with Crippen LogP contribution >= 0.6 is 15.5 Å². The molecule has 0 saturated carbocycles. The lowest BCUT2D eigenvalue weighted by molar-refractivity contribution is -0.114. The van der Waals surface area contributed by atoms with Gasteiger partial charge in [0.15, 0.2) is 0 Å². The minimum absolute atomic E-state index is 0.441. The lowest BCUT2D eigenvalue weighted by Gasteiger charge is -2.26. The molecule has 8 nitrogen and oxygen atoms in total. The molecule has 0 aliphatic carbocycles. The first kappa shape index (κ1) is 15.1. The molecule has 1 aliphatic rings. The summed E-state index contributed by atoms with van der Waals surface area (Å²) in [6.07, 6.45) is 0.770. The zero-order chi connectivity index (χ0) is 13.3. The highest BCUT2D eigenvalue weighted by Gasteiger charge is 2.48. The molecule has 0 amide bonds. The van der Waals surface area contributed by atoms with Crippen molar-refractivity contribution in [1.29, 1.82) is 0 Å². The second-order valence-electron chi connectivity index (χ2n) is 3.98.